The smallest absolute Gasteiger partial charge is 0.394 e. The summed E-state index contributed by atoms with van der Waals surface area (Å²) < 4.78 is 60.7. The highest BCUT2D eigenvalue weighted by atomic mass is 31.3. The molecule has 0 bridgehead atoms. The van der Waals surface area contributed by atoms with Gasteiger partial charge in [-0.15, -0.1) is 0 Å². The topological polar surface area (TPSA) is 334 Å². The Balaban J connectivity index is 1.60. The fraction of sp³-hybridized carbons (Fsp3) is 0.750. The van der Waals surface area contributed by atoms with Gasteiger partial charge in [-0.3, -0.25) is 28.0 Å². The third-order valence-corrected chi connectivity index (χ3v) is 11.3. The second kappa shape index (κ2) is 12.6. The Bertz CT molecular complexity index is 1300. The van der Waals surface area contributed by atoms with Crippen molar-refractivity contribution in [1.82, 2.24) is 9.55 Å². The Morgan fingerprint density at radius 3 is 2.10 bits per heavy atom. The molecule has 3 unspecified atom stereocenters. The summed E-state index contributed by atoms with van der Waals surface area (Å²) in [5.41, 5.74) is -1.78. The van der Waals surface area contributed by atoms with Crippen molar-refractivity contribution in [3.8, 4) is 0 Å². The summed E-state index contributed by atoms with van der Waals surface area (Å²) in [5, 5.41) is 58.7. The van der Waals surface area contributed by atoms with E-state index in [1.807, 2.05) is 4.98 Å². The van der Waals surface area contributed by atoms with Gasteiger partial charge in [-0.05, 0) is 0 Å². The van der Waals surface area contributed by atoms with Gasteiger partial charge < -0.3 is 59.3 Å². The molecule has 1 aromatic rings. The number of aromatic nitrogens is 2. The van der Waals surface area contributed by atoms with E-state index in [1.54, 1.807) is 0 Å². The normalized spacial score (nSPS) is 37.4. The third kappa shape index (κ3) is 8.00. The van der Waals surface area contributed by atoms with E-state index in [4.69, 9.17) is 14.6 Å². The van der Waals surface area contributed by atoms with E-state index in [2.05, 4.69) is 13.4 Å². The summed E-state index contributed by atoms with van der Waals surface area (Å²) in [4.78, 5) is 54.7. The van der Waals surface area contributed by atoms with Gasteiger partial charge in [0.2, 0.25) is 0 Å². The van der Waals surface area contributed by atoms with Gasteiger partial charge in [-0.2, -0.15) is 0 Å². The molecule has 2 saturated heterocycles. The highest BCUT2D eigenvalue weighted by molar-refractivity contribution is 7.74. The first-order chi connectivity index (χ1) is 18.4. The van der Waals surface area contributed by atoms with E-state index in [0.717, 1.165) is 12.3 Å². The first kappa shape index (κ1) is 33.3. The maximum Gasteiger partial charge on any atom is 0.481 e. The predicted octanol–water partition coefficient (Wildman–Crippen LogP) is -4.57. The van der Waals surface area contributed by atoms with Crippen LogP contribution in [0.1, 0.15) is 6.23 Å². The number of aromatic amines is 1. The van der Waals surface area contributed by atoms with Crippen LogP contribution in [-0.2, 0) is 36.5 Å². The SMILES string of the molecule is O=c1ccn([C@@H]2O[C@H](COP(=O)(O)CP(=O)(O)OP(=O)(O)O[C@H]3O[C@H](CO)[C@@H](O)[C@H](O)[C@H]3O)[C@@H](O)[C@H]2O)c(=O)[nH]1. The standard InChI is InChI=1S/C16H27N2O19P3/c19-3-6-9(21)11(23)13(25)15(35-6)36-40(31,32)37-39(29,30)5-38(27,28)33-4-7-10(22)12(24)14(34-7)18-2-1-8(20)17-16(18)26/h1-2,6-7,9-15,19,21-25H,3-5H2,(H,27,28)(H,29,30)(H,31,32)(H,17,20,26)/t6-,7-,9-,10-,11+,12-,13-,14-,15-/m1/s1. The Morgan fingerprint density at radius 2 is 1.50 bits per heavy atom. The zero-order chi connectivity index (χ0) is 30.2. The van der Waals surface area contributed by atoms with E-state index < -0.39 is 109 Å². The van der Waals surface area contributed by atoms with Crippen LogP contribution in [0.5, 0.6) is 0 Å². The second-order valence-electron chi connectivity index (χ2n) is 8.63. The van der Waals surface area contributed by atoms with Crippen LogP contribution < -0.4 is 11.2 Å². The van der Waals surface area contributed by atoms with Crippen molar-refractivity contribution in [3.05, 3.63) is 33.1 Å². The molecule has 40 heavy (non-hydrogen) atoms. The number of phosphoric ester groups is 1. The lowest BCUT2D eigenvalue weighted by Gasteiger charge is -2.39. The van der Waals surface area contributed by atoms with Gasteiger partial charge in [-0.25, -0.2) is 13.7 Å². The lowest BCUT2D eigenvalue weighted by atomic mass is 10.00. The van der Waals surface area contributed by atoms with Crippen LogP contribution in [0, 0.1) is 0 Å². The molecule has 0 aliphatic carbocycles. The number of rotatable bonds is 11. The Hall–Kier alpha value is -1.19. The minimum atomic E-state index is -5.71. The van der Waals surface area contributed by atoms with Gasteiger partial charge in [0.05, 0.1) is 13.2 Å². The average Bonchev–Trinajstić information content (AvgIpc) is 3.10. The number of hydrogen-bond donors (Lipinski definition) is 10. The maximum absolute atomic E-state index is 12.4. The van der Waals surface area contributed by atoms with Crippen molar-refractivity contribution in [3.63, 3.8) is 0 Å². The van der Waals surface area contributed by atoms with E-state index >= 15 is 0 Å². The van der Waals surface area contributed by atoms with Crippen LogP contribution >= 0.6 is 23.0 Å². The third-order valence-electron chi connectivity index (χ3n) is 5.58. The van der Waals surface area contributed by atoms with Crippen LogP contribution in [0.4, 0.5) is 0 Å². The predicted molar refractivity (Wildman–Crippen MR) is 123 cm³/mol. The molecule has 3 heterocycles. The van der Waals surface area contributed by atoms with Crippen LogP contribution in [0.3, 0.4) is 0 Å². The summed E-state index contributed by atoms with van der Waals surface area (Å²) in [6, 6.07) is 0.912. The van der Waals surface area contributed by atoms with Gasteiger partial charge in [0.25, 0.3) is 5.56 Å². The molecule has 1 aromatic heterocycles. The van der Waals surface area contributed by atoms with Crippen molar-refractivity contribution < 1.29 is 81.8 Å². The molecule has 2 aliphatic heterocycles. The van der Waals surface area contributed by atoms with E-state index in [9.17, 15) is 63.5 Å². The monoisotopic (exact) mass is 644 g/mol. The van der Waals surface area contributed by atoms with Crippen LogP contribution in [-0.4, -0.2) is 123 Å². The number of aliphatic hydroxyl groups is 6. The van der Waals surface area contributed by atoms with Gasteiger partial charge in [0.15, 0.2) is 18.4 Å². The molecule has 230 valence electrons. The molecule has 12 atom stereocenters. The van der Waals surface area contributed by atoms with Gasteiger partial charge >= 0.3 is 28.7 Å². The molecular weight excluding hydrogens is 617 g/mol. The molecule has 21 nitrogen and oxygen atoms in total. The number of hydrogen-bond acceptors (Lipinski definition) is 16. The summed E-state index contributed by atoms with van der Waals surface area (Å²) >= 11 is 0. The van der Waals surface area contributed by atoms with Crippen LogP contribution in [0.25, 0.3) is 0 Å². The number of aliphatic hydroxyl groups excluding tert-OH is 6. The molecule has 10 N–H and O–H groups in total. The van der Waals surface area contributed by atoms with E-state index in [0.29, 0.717) is 4.57 Å². The Labute approximate surface area is 222 Å². The largest absolute Gasteiger partial charge is 0.481 e. The maximum atomic E-state index is 12.4. The molecule has 0 aromatic carbocycles. The highest BCUT2D eigenvalue weighted by Crippen LogP contribution is 2.66. The number of ether oxygens (including phenoxy) is 2. The van der Waals surface area contributed by atoms with Gasteiger partial charge in [-0.1, -0.05) is 0 Å². The fourth-order valence-corrected chi connectivity index (χ4v) is 8.74. The van der Waals surface area contributed by atoms with Crippen molar-refractivity contribution in [2.24, 2.45) is 0 Å². The van der Waals surface area contributed by atoms with Crippen molar-refractivity contribution in [1.29, 1.82) is 0 Å². The summed E-state index contributed by atoms with van der Waals surface area (Å²) in [5.74, 6) is -1.82. The molecule has 2 aliphatic rings. The molecule has 0 spiro atoms. The molecule has 24 heteroatoms. The lowest BCUT2D eigenvalue weighted by molar-refractivity contribution is -0.280. The molecule has 0 saturated carbocycles. The van der Waals surface area contributed by atoms with Crippen molar-refractivity contribution in [2.75, 3.05) is 19.1 Å². The Kier molecular flexibility index (Phi) is 10.5. The van der Waals surface area contributed by atoms with E-state index in [-0.39, 0.29) is 0 Å². The van der Waals surface area contributed by atoms with Crippen molar-refractivity contribution in [2.45, 2.75) is 55.2 Å². The zero-order valence-corrected chi connectivity index (χ0v) is 22.6. The number of nitrogens with one attached hydrogen (secondary N) is 1. The van der Waals surface area contributed by atoms with Crippen molar-refractivity contribution >= 4 is 23.0 Å². The summed E-state index contributed by atoms with van der Waals surface area (Å²) in [6.07, 6.45) is -15.8. The Morgan fingerprint density at radius 1 is 0.875 bits per heavy atom. The molecular formula is C16H27N2O19P3. The summed E-state index contributed by atoms with van der Waals surface area (Å²) in [7, 11) is -16.4. The number of H-pyrrole nitrogens is 1. The minimum absolute atomic E-state index is 0.706. The van der Waals surface area contributed by atoms with Crippen LogP contribution in [0.15, 0.2) is 21.9 Å². The first-order valence-corrected chi connectivity index (χ1v) is 16.0. The van der Waals surface area contributed by atoms with Gasteiger partial charge in [0, 0.05) is 12.3 Å². The lowest BCUT2D eigenvalue weighted by Crippen LogP contribution is -2.58. The number of phosphoric acid groups is 1. The molecule has 0 amide bonds. The zero-order valence-electron chi connectivity index (χ0n) is 19.9. The van der Waals surface area contributed by atoms with Crippen LogP contribution in [0.2, 0.25) is 0 Å². The fourth-order valence-electron chi connectivity index (χ4n) is 3.67. The van der Waals surface area contributed by atoms with Gasteiger partial charge in [0.1, 0.15) is 42.7 Å². The summed E-state index contributed by atoms with van der Waals surface area (Å²) in [6.45, 7) is -1.96. The van der Waals surface area contributed by atoms with E-state index in [1.165, 1.54) is 0 Å². The molecule has 3 rings (SSSR count). The first-order valence-electron chi connectivity index (χ1n) is 11.0. The molecule has 2 fully saturated rings. The highest BCUT2D eigenvalue weighted by Gasteiger charge is 2.50. The number of nitrogens with zero attached hydrogens (tertiary/aromatic N) is 1. The quantitative estimate of drug-likeness (QED) is 0.101. The average molecular weight is 644 g/mol. The second-order valence-corrected chi connectivity index (χ2v) is 14.4. The molecule has 0 radical (unpaired) electrons. The minimum Gasteiger partial charge on any atom is -0.394 e.